The molecule has 0 aromatic carbocycles. The number of amides is 1. The number of anilines is 1. The molecule has 5 nitrogen and oxygen atoms in total. The zero-order chi connectivity index (χ0) is 15.0. The quantitative estimate of drug-likeness (QED) is 0.941. The lowest BCUT2D eigenvalue weighted by Gasteiger charge is -2.31. The van der Waals surface area contributed by atoms with Crippen LogP contribution in [0.4, 0.5) is 5.13 Å². The fourth-order valence-electron chi connectivity index (χ4n) is 2.55. The number of hydrogen-bond donors (Lipinski definition) is 1. The predicted molar refractivity (Wildman–Crippen MR) is 89.8 cm³/mol. The standard InChI is InChI=1S/C14H20N4OS2/c1-15-9-4-6-18(7-5-9)13(19)11-8-10-12(20-11)16-14(21-10)17(2)3/h8-9,15H,4-7H2,1-3H3. The van der Waals surface area contributed by atoms with Crippen LogP contribution in [-0.2, 0) is 0 Å². The molecule has 0 radical (unpaired) electrons. The van der Waals surface area contributed by atoms with E-state index >= 15 is 0 Å². The van der Waals surface area contributed by atoms with Gasteiger partial charge in [0, 0.05) is 33.2 Å². The van der Waals surface area contributed by atoms with E-state index in [1.165, 1.54) is 11.3 Å². The van der Waals surface area contributed by atoms with Crippen molar-refractivity contribution in [1.82, 2.24) is 15.2 Å². The minimum absolute atomic E-state index is 0.158. The molecule has 1 amide bonds. The van der Waals surface area contributed by atoms with Crippen molar-refractivity contribution in [3.05, 3.63) is 10.9 Å². The van der Waals surface area contributed by atoms with Crippen LogP contribution in [0.3, 0.4) is 0 Å². The summed E-state index contributed by atoms with van der Waals surface area (Å²) >= 11 is 3.15. The Morgan fingerprint density at radius 2 is 2.10 bits per heavy atom. The number of carbonyl (C=O) groups is 1. The molecule has 1 fully saturated rings. The number of thiophene rings is 1. The molecule has 0 unspecified atom stereocenters. The number of fused-ring (bicyclic) bond motifs is 1. The van der Waals surface area contributed by atoms with Gasteiger partial charge in [-0.25, -0.2) is 4.98 Å². The Morgan fingerprint density at radius 1 is 1.38 bits per heavy atom. The van der Waals surface area contributed by atoms with Crippen molar-refractivity contribution < 1.29 is 4.79 Å². The fourth-order valence-corrected chi connectivity index (χ4v) is 4.65. The van der Waals surface area contributed by atoms with E-state index in [4.69, 9.17) is 0 Å². The summed E-state index contributed by atoms with van der Waals surface area (Å²) in [7, 11) is 5.96. The Kier molecular flexibility index (Phi) is 4.14. The number of carbonyl (C=O) groups excluding carboxylic acids is 1. The largest absolute Gasteiger partial charge is 0.354 e. The summed E-state index contributed by atoms with van der Waals surface area (Å²) in [5, 5.41) is 4.28. The summed E-state index contributed by atoms with van der Waals surface area (Å²) in [6, 6.07) is 2.54. The lowest BCUT2D eigenvalue weighted by molar-refractivity contribution is 0.0712. The second-order valence-corrected chi connectivity index (χ2v) is 7.57. The van der Waals surface area contributed by atoms with Crippen LogP contribution in [0.1, 0.15) is 22.5 Å². The maximum absolute atomic E-state index is 12.6. The molecular formula is C14H20N4OS2. The average molecular weight is 324 g/mol. The highest BCUT2D eigenvalue weighted by Gasteiger charge is 2.24. The molecule has 0 spiro atoms. The molecule has 0 atom stereocenters. The van der Waals surface area contributed by atoms with Gasteiger partial charge in [-0.2, -0.15) is 0 Å². The molecule has 2 aromatic heterocycles. The number of nitrogens with one attached hydrogen (secondary N) is 1. The molecule has 21 heavy (non-hydrogen) atoms. The van der Waals surface area contributed by atoms with Gasteiger partial charge >= 0.3 is 0 Å². The molecule has 1 N–H and O–H groups in total. The Hall–Kier alpha value is -1.18. The van der Waals surface area contributed by atoms with Crippen LogP contribution >= 0.6 is 22.7 Å². The van der Waals surface area contributed by atoms with Crippen LogP contribution in [0.2, 0.25) is 0 Å². The first-order chi connectivity index (χ1) is 10.1. The number of likely N-dealkylation sites (tertiary alicyclic amines) is 1. The molecule has 1 aliphatic rings. The molecule has 3 rings (SSSR count). The van der Waals surface area contributed by atoms with E-state index < -0.39 is 0 Å². The fraction of sp³-hybridized carbons (Fsp3) is 0.571. The highest BCUT2D eigenvalue weighted by Crippen LogP contribution is 2.34. The van der Waals surface area contributed by atoms with Crippen LogP contribution in [0.15, 0.2) is 6.07 Å². The number of nitrogens with zero attached hydrogens (tertiary/aromatic N) is 3. The minimum atomic E-state index is 0.158. The van der Waals surface area contributed by atoms with Gasteiger partial charge in [0.15, 0.2) is 5.13 Å². The van der Waals surface area contributed by atoms with E-state index in [2.05, 4.69) is 10.3 Å². The molecule has 7 heteroatoms. The molecule has 0 bridgehead atoms. The van der Waals surface area contributed by atoms with E-state index in [1.54, 1.807) is 11.3 Å². The van der Waals surface area contributed by atoms with Crippen molar-refractivity contribution in [3.63, 3.8) is 0 Å². The molecular weight excluding hydrogens is 304 g/mol. The second kappa shape index (κ2) is 5.90. The van der Waals surface area contributed by atoms with E-state index in [0.29, 0.717) is 6.04 Å². The van der Waals surface area contributed by atoms with Crippen molar-refractivity contribution in [2.75, 3.05) is 39.1 Å². The molecule has 0 saturated carbocycles. The van der Waals surface area contributed by atoms with Crippen molar-refractivity contribution in [2.45, 2.75) is 18.9 Å². The number of thiazole rings is 1. The number of rotatable bonds is 3. The van der Waals surface area contributed by atoms with E-state index in [9.17, 15) is 4.79 Å². The third-order valence-corrected chi connectivity index (χ3v) is 6.18. The molecule has 1 saturated heterocycles. The molecule has 114 valence electrons. The lowest BCUT2D eigenvalue weighted by atomic mass is 10.1. The summed E-state index contributed by atoms with van der Waals surface area (Å²) in [5.41, 5.74) is 0. The number of piperidine rings is 1. The lowest BCUT2D eigenvalue weighted by Crippen LogP contribution is -2.43. The van der Waals surface area contributed by atoms with Gasteiger partial charge in [-0.05, 0) is 26.0 Å². The maximum Gasteiger partial charge on any atom is 0.264 e. The van der Waals surface area contributed by atoms with Gasteiger partial charge in [-0.3, -0.25) is 4.79 Å². The first kappa shape index (κ1) is 14.7. The highest BCUT2D eigenvalue weighted by molar-refractivity contribution is 7.29. The normalized spacial score (nSPS) is 16.6. The van der Waals surface area contributed by atoms with Crippen LogP contribution < -0.4 is 10.2 Å². The van der Waals surface area contributed by atoms with E-state index in [0.717, 1.165) is 45.5 Å². The summed E-state index contributed by atoms with van der Waals surface area (Å²) in [4.78, 5) is 22.9. The van der Waals surface area contributed by atoms with Crippen LogP contribution in [0.25, 0.3) is 9.53 Å². The van der Waals surface area contributed by atoms with Gasteiger partial charge in [-0.1, -0.05) is 11.3 Å². The number of hydrogen-bond acceptors (Lipinski definition) is 6. The monoisotopic (exact) mass is 324 g/mol. The van der Waals surface area contributed by atoms with Crippen molar-refractivity contribution in [2.24, 2.45) is 0 Å². The zero-order valence-electron chi connectivity index (χ0n) is 12.5. The van der Waals surface area contributed by atoms with Crippen molar-refractivity contribution in [3.8, 4) is 0 Å². The highest BCUT2D eigenvalue weighted by atomic mass is 32.1. The summed E-state index contributed by atoms with van der Waals surface area (Å²) < 4.78 is 1.11. The third-order valence-electron chi connectivity index (χ3n) is 3.86. The van der Waals surface area contributed by atoms with Gasteiger partial charge in [0.2, 0.25) is 0 Å². The predicted octanol–water partition coefficient (Wildman–Crippen LogP) is 2.25. The van der Waals surface area contributed by atoms with E-state index in [1.807, 2.05) is 37.0 Å². The molecule has 0 aliphatic carbocycles. The topological polar surface area (TPSA) is 48.5 Å². The van der Waals surface area contributed by atoms with Gasteiger partial charge in [0.1, 0.15) is 4.83 Å². The van der Waals surface area contributed by atoms with Gasteiger partial charge in [-0.15, -0.1) is 11.3 Å². The Morgan fingerprint density at radius 3 is 2.67 bits per heavy atom. The molecule has 3 heterocycles. The molecule has 2 aromatic rings. The smallest absolute Gasteiger partial charge is 0.264 e. The minimum Gasteiger partial charge on any atom is -0.354 e. The molecule has 1 aliphatic heterocycles. The maximum atomic E-state index is 12.6. The van der Waals surface area contributed by atoms with Gasteiger partial charge in [0.25, 0.3) is 5.91 Å². The Bertz CT molecular complexity index is 609. The van der Waals surface area contributed by atoms with Crippen molar-refractivity contribution in [1.29, 1.82) is 0 Å². The van der Waals surface area contributed by atoms with Gasteiger partial charge in [0.05, 0.1) is 9.58 Å². The van der Waals surface area contributed by atoms with Gasteiger partial charge < -0.3 is 15.1 Å². The van der Waals surface area contributed by atoms with Crippen LogP contribution in [-0.4, -0.2) is 56.1 Å². The zero-order valence-corrected chi connectivity index (χ0v) is 14.2. The first-order valence-electron chi connectivity index (χ1n) is 7.12. The van der Waals surface area contributed by atoms with E-state index in [-0.39, 0.29) is 5.91 Å². The number of aromatic nitrogens is 1. The summed E-state index contributed by atoms with van der Waals surface area (Å²) in [5.74, 6) is 0.158. The van der Waals surface area contributed by atoms with Crippen LogP contribution in [0.5, 0.6) is 0 Å². The summed E-state index contributed by atoms with van der Waals surface area (Å²) in [6.07, 6.45) is 2.07. The van der Waals surface area contributed by atoms with Crippen molar-refractivity contribution >= 4 is 43.2 Å². The Balaban J connectivity index is 1.74. The second-order valence-electron chi connectivity index (χ2n) is 5.53. The summed E-state index contributed by atoms with van der Waals surface area (Å²) in [6.45, 7) is 1.68. The third kappa shape index (κ3) is 2.90. The first-order valence-corrected chi connectivity index (χ1v) is 8.76. The Labute approximate surface area is 132 Å². The SMILES string of the molecule is CNC1CCN(C(=O)c2cc3sc(N(C)C)nc3s2)CC1. The van der Waals surface area contributed by atoms with Crippen LogP contribution in [0, 0.1) is 0 Å². The average Bonchev–Trinajstić information content (AvgIpc) is 3.05.